The van der Waals surface area contributed by atoms with Crippen molar-refractivity contribution in [3.05, 3.63) is 30.1 Å². The summed E-state index contributed by atoms with van der Waals surface area (Å²) < 4.78 is 4.92. The van der Waals surface area contributed by atoms with Crippen molar-refractivity contribution in [1.82, 2.24) is 9.88 Å². The number of pyridine rings is 1. The fourth-order valence-electron chi connectivity index (χ4n) is 1.67. The van der Waals surface area contributed by atoms with Crippen molar-refractivity contribution in [1.29, 1.82) is 0 Å². The summed E-state index contributed by atoms with van der Waals surface area (Å²) in [7, 11) is 1.54. The maximum atomic E-state index is 12.2. The average Bonchev–Trinajstić information content (AvgIpc) is 2.36. The summed E-state index contributed by atoms with van der Waals surface area (Å²) in [6.07, 6.45) is 3.46. The Labute approximate surface area is 108 Å². The Balaban J connectivity index is 2.74. The lowest BCUT2D eigenvalue weighted by molar-refractivity contribution is -0.136. The molecule has 1 heterocycles. The Kier molecular flexibility index (Phi) is 5.74. The molecule has 0 aliphatic carbocycles. The summed E-state index contributed by atoms with van der Waals surface area (Å²) in [4.78, 5) is 18.0. The van der Waals surface area contributed by atoms with Gasteiger partial charge in [0, 0.05) is 32.1 Å². The van der Waals surface area contributed by atoms with Crippen LogP contribution in [0.15, 0.2) is 24.5 Å². The minimum atomic E-state index is -0.617. The minimum Gasteiger partial charge on any atom is -0.383 e. The van der Waals surface area contributed by atoms with E-state index in [2.05, 4.69) is 4.98 Å². The summed E-state index contributed by atoms with van der Waals surface area (Å²) >= 11 is 0. The molecule has 100 valence electrons. The number of nitrogens with two attached hydrogens (primary N) is 1. The molecule has 1 atom stereocenters. The van der Waals surface area contributed by atoms with Crippen LogP contribution in [0, 0.1) is 0 Å². The zero-order chi connectivity index (χ0) is 13.5. The number of hydrogen-bond acceptors (Lipinski definition) is 4. The van der Waals surface area contributed by atoms with Gasteiger partial charge in [-0.15, -0.1) is 0 Å². The third kappa shape index (κ3) is 4.09. The van der Waals surface area contributed by atoms with Crippen molar-refractivity contribution in [2.75, 3.05) is 13.7 Å². The third-order valence-electron chi connectivity index (χ3n) is 2.65. The van der Waals surface area contributed by atoms with Crippen LogP contribution in [0.1, 0.15) is 19.4 Å². The predicted octanol–water partition coefficient (Wildman–Crippen LogP) is 0.792. The summed E-state index contributed by atoms with van der Waals surface area (Å²) in [5.74, 6) is -0.101. The van der Waals surface area contributed by atoms with Gasteiger partial charge >= 0.3 is 0 Å². The highest BCUT2D eigenvalue weighted by Gasteiger charge is 2.23. The summed E-state index contributed by atoms with van der Waals surface area (Å²) in [5, 5.41) is 0. The summed E-state index contributed by atoms with van der Waals surface area (Å²) in [6.45, 7) is 4.68. The van der Waals surface area contributed by atoms with E-state index in [4.69, 9.17) is 10.5 Å². The van der Waals surface area contributed by atoms with Crippen LogP contribution in [0.2, 0.25) is 0 Å². The first-order valence-corrected chi connectivity index (χ1v) is 6.00. The van der Waals surface area contributed by atoms with E-state index in [9.17, 15) is 4.79 Å². The lowest BCUT2D eigenvalue weighted by atomic mass is 10.2. The van der Waals surface area contributed by atoms with Gasteiger partial charge in [0.05, 0.1) is 6.61 Å². The van der Waals surface area contributed by atoms with E-state index >= 15 is 0 Å². The molecule has 1 unspecified atom stereocenters. The summed E-state index contributed by atoms with van der Waals surface area (Å²) in [6, 6.07) is 3.26. The Bertz CT molecular complexity index is 368. The second-order valence-electron chi connectivity index (χ2n) is 4.48. The van der Waals surface area contributed by atoms with Gasteiger partial charge in [0.1, 0.15) is 6.04 Å². The fourth-order valence-corrected chi connectivity index (χ4v) is 1.67. The molecule has 5 nitrogen and oxygen atoms in total. The smallest absolute Gasteiger partial charge is 0.242 e. The van der Waals surface area contributed by atoms with Gasteiger partial charge in [0.25, 0.3) is 0 Å². The second kappa shape index (κ2) is 7.08. The minimum absolute atomic E-state index is 0.0839. The number of hydrogen-bond donors (Lipinski definition) is 1. The molecule has 0 spiro atoms. The quantitative estimate of drug-likeness (QED) is 0.811. The van der Waals surface area contributed by atoms with Crippen LogP contribution in [0.5, 0.6) is 0 Å². The van der Waals surface area contributed by atoms with Crippen molar-refractivity contribution < 1.29 is 9.53 Å². The number of ether oxygens (including phenoxy) is 1. The van der Waals surface area contributed by atoms with Crippen molar-refractivity contribution in [2.45, 2.75) is 32.5 Å². The molecule has 18 heavy (non-hydrogen) atoms. The number of methoxy groups -OCH3 is 1. The van der Waals surface area contributed by atoms with Gasteiger partial charge in [-0.05, 0) is 25.5 Å². The van der Waals surface area contributed by atoms with Gasteiger partial charge in [0.15, 0.2) is 0 Å². The third-order valence-corrected chi connectivity index (χ3v) is 2.65. The highest BCUT2D eigenvalue weighted by Crippen LogP contribution is 2.08. The molecule has 1 rings (SSSR count). The molecule has 0 saturated carbocycles. The largest absolute Gasteiger partial charge is 0.383 e. The Hall–Kier alpha value is -1.46. The molecule has 2 N–H and O–H groups in total. The van der Waals surface area contributed by atoms with Crippen LogP contribution in [0.3, 0.4) is 0 Å². The van der Waals surface area contributed by atoms with E-state index in [-0.39, 0.29) is 18.6 Å². The van der Waals surface area contributed by atoms with Crippen LogP contribution in [-0.2, 0) is 16.1 Å². The Morgan fingerprint density at radius 3 is 2.78 bits per heavy atom. The molecule has 0 aliphatic rings. The second-order valence-corrected chi connectivity index (χ2v) is 4.48. The van der Waals surface area contributed by atoms with Crippen LogP contribution < -0.4 is 5.73 Å². The maximum absolute atomic E-state index is 12.2. The number of rotatable bonds is 6. The van der Waals surface area contributed by atoms with Gasteiger partial charge in [-0.2, -0.15) is 0 Å². The molecule has 0 aromatic carbocycles. The molecular weight excluding hydrogens is 230 g/mol. The number of carbonyl (C=O) groups excluding carboxylic acids is 1. The summed E-state index contributed by atoms with van der Waals surface area (Å²) in [5.41, 5.74) is 6.78. The number of aromatic nitrogens is 1. The normalized spacial score (nSPS) is 12.5. The van der Waals surface area contributed by atoms with Gasteiger partial charge in [0.2, 0.25) is 5.91 Å². The molecule has 0 fully saturated rings. The number of carbonyl (C=O) groups is 1. The van der Waals surface area contributed by atoms with Crippen LogP contribution in [0.4, 0.5) is 0 Å². The van der Waals surface area contributed by atoms with Gasteiger partial charge < -0.3 is 15.4 Å². The highest BCUT2D eigenvalue weighted by molar-refractivity contribution is 5.82. The molecule has 5 heteroatoms. The first-order chi connectivity index (χ1) is 8.56. The van der Waals surface area contributed by atoms with E-state index in [1.54, 1.807) is 17.3 Å². The Morgan fingerprint density at radius 1 is 1.56 bits per heavy atom. The van der Waals surface area contributed by atoms with E-state index < -0.39 is 6.04 Å². The van der Waals surface area contributed by atoms with E-state index in [1.807, 2.05) is 26.0 Å². The van der Waals surface area contributed by atoms with Crippen molar-refractivity contribution in [3.63, 3.8) is 0 Å². The van der Waals surface area contributed by atoms with Crippen LogP contribution in [-0.4, -0.2) is 41.6 Å². The fraction of sp³-hybridized carbons (Fsp3) is 0.538. The predicted molar refractivity (Wildman–Crippen MR) is 69.8 cm³/mol. The molecule has 1 aromatic heterocycles. The van der Waals surface area contributed by atoms with Gasteiger partial charge in [-0.3, -0.25) is 9.78 Å². The first kappa shape index (κ1) is 14.6. The number of amides is 1. The van der Waals surface area contributed by atoms with Crippen molar-refractivity contribution in [3.8, 4) is 0 Å². The van der Waals surface area contributed by atoms with Gasteiger partial charge in [-0.25, -0.2) is 0 Å². The zero-order valence-corrected chi connectivity index (χ0v) is 11.2. The lowest BCUT2D eigenvalue weighted by Gasteiger charge is -2.29. The van der Waals surface area contributed by atoms with Gasteiger partial charge in [-0.1, -0.05) is 6.07 Å². The Morgan fingerprint density at radius 2 is 2.28 bits per heavy atom. The standard InChI is InChI=1S/C13H21N3O2/c1-10(2)16(13(17)12(14)9-18-3)8-11-5-4-6-15-7-11/h4-7,10,12H,8-9,14H2,1-3H3. The highest BCUT2D eigenvalue weighted by atomic mass is 16.5. The van der Waals surface area contributed by atoms with E-state index in [0.29, 0.717) is 6.54 Å². The molecule has 1 aromatic rings. The molecular formula is C13H21N3O2. The van der Waals surface area contributed by atoms with Crippen molar-refractivity contribution >= 4 is 5.91 Å². The molecule has 0 aliphatic heterocycles. The van der Waals surface area contributed by atoms with E-state index in [1.165, 1.54) is 7.11 Å². The topological polar surface area (TPSA) is 68.5 Å². The molecule has 0 bridgehead atoms. The SMILES string of the molecule is COCC(N)C(=O)N(Cc1cccnc1)C(C)C. The van der Waals surface area contributed by atoms with E-state index in [0.717, 1.165) is 5.56 Å². The lowest BCUT2D eigenvalue weighted by Crippen LogP contribution is -2.48. The van der Waals surface area contributed by atoms with Crippen molar-refractivity contribution in [2.24, 2.45) is 5.73 Å². The average molecular weight is 251 g/mol. The zero-order valence-electron chi connectivity index (χ0n) is 11.2. The monoisotopic (exact) mass is 251 g/mol. The molecule has 1 amide bonds. The number of nitrogens with zero attached hydrogens (tertiary/aromatic N) is 2. The molecule has 0 radical (unpaired) electrons. The van der Waals surface area contributed by atoms with Crippen LogP contribution in [0.25, 0.3) is 0 Å². The maximum Gasteiger partial charge on any atom is 0.242 e. The van der Waals surface area contributed by atoms with Crippen LogP contribution >= 0.6 is 0 Å². The molecule has 0 saturated heterocycles. The first-order valence-electron chi connectivity index (χ1n) is 6.00.